The van der Waals surface area contributed by atoms with E-state index >= 15 is 0 Å². The molecule has 7 heavy (non-hydrogen) atoms. The molecule has 4 heteroatoms. The van der Waals surface area contributed by atoms with Crippen molar-refractivity contribution in [2.24, 2.45) is 0 Å². The Morgan fingerprint density at radius 3 is 2.00 bits per heavy atom. The molecular formula is C3H6F2NV-. The second-order valence-corrected chi connectivity index (χ2v) is 0.890. The minimum atomic E-state index is -2.27. The van der Waals surface area contributed by atoms with Crippen LogP contribution in [0.2, 0.25) is 0 Å². The standard InChI is InChI=1S/C3H6F2N.V/c1-6-2-3(4)5;/h3H,2H2,1H3;/q-1;. The molecule has 0 aliphatic heterocycles. The molecule has 0 heterocycles. The Balaban J connectivity index is 0. The van der Waals surface area contributed by atoms with Gasteiger partial charge in [0.15, 0.2) is 0 Å². The number of nitrogens with zero attached hydrogens (tertiary/aromatic N) is 1. The van der Waals surface area contributed by atoms with Gasteiger partial charge >= 0.3 is 0 Å². The summed E-state index contributed by atoms with van der Waals surface area (Å²) in [6.45, 7) is -0.333. The topological polar surface area (TPSA) is 14.1 Å². The van der Waals surface area contributed by atoms with E-state index in [1.165, 1.54) is 7.05 Å². The summed E-state index contributed by atoms with van der Waals surface area (Å²) in [5, 5.41) is 3.19. The maximum atomic E-state index is 10.9. The Hall–Kier alpha value is 0.404. The van der Waals surface area contributed by atoms with E-state index in [0.29, 0.717) is 0 Å². The predicted octanol–water partition coefficient (Wildman–Crippen LogP) is 1.25. The smallest absolute Gasteiger partial charge is 0.220 e. The van der Waals surface area contributed by atoms with Crippen LogP contribution in [0.1, 0.15) is 0 Å². The van der Waals surface area contributed by atoms with Crippen LogP contribution in [-0.4, -0.2) is 20.0 Å². The molecule has 0 aromatic heterocycles. The molecule has 0 atom stereocenters. The van der Waals surface area contributed by atoms with Crippen LogP contribution in [0, 0.1) is 0 Å². The summed E-state index contributed by atoms with van der Waals surface area (Å²) in [4.78, 5) is 0. The average Bonchev–Trinajstić information content (AvgIpc) is 1.35. The Kier molecular flexibility index (Phi) is 9.51. The van der Waals surface area contributed by atoms with Crippen LogP contribution in [0.15, 0.2) is 0 Å². The van der Waals surface area contributed by atoms with E-state index in [-0.39, 0.29) is 25.1 Å². The van der Waals surface area contributed by atoms with E-state index in [9.17, 15) is 8.78 Å². The van der Waals surface area contributed by atoms with E-state index in [1.807, 2.05) is 0 Å². The molecule has 0 amide bonds. The van der Waals surface area contributed by atoms with Gasteiger partial charge in [-0.25, -0.2) is 8.78 Å². The van der Waals surface area contributed by atoms with E-state index in [1.54, 1.807) is 0 Å². The molecule has 0 fully saturated rings. The van der Waals surface area contributed by atoms with Gasteiger partial charge in [0.1, 0.15) is 0 Å². The van der Waals surface area contributed by atoms with E-state index in [2.05, 4.69) is 5.32 Å². The van der Waals surface area contributed by atoms with Gasteiger partial charge in [-0.2, -0.15) is 7.05 Å². The zero-order chi connectivity index (χ0) is 4.99. The third-order valence-corrected chi connectivity index (χ3v) is 0.321. The van der Waals surface area contributed by atoms with Gasteiger partial charge < -0.3 is 5.32 Å². The number of halogens is 2. The van der Waals surface area contributed by atoms with Gasteiger partial charge in [0.25, 0.3) is 0 Å². The van der Waals surface area contributed by atoms with Crippen molar-refractivity contribution < 1.29 is 27.3 Å². The zero-order valence-electron chi connectivity index (χ0n) is 3.93. The number of hydrogen-bond donors (Lipinski definition) is 0. The minimum Gasteiger partial charge on any atom is -0.660 e. The summed E-state index contributed by atoms with van der Waals surface area (Å²) < 4.78 is 21.9. The molecule has 0 spiro atoms. The van der Waals surface area contributed by atoms with Gasteiger partial charge in [-0.3, -0.25) is 0 Å². The molecule has 0 rings (SSSR count). The average molecular weight is 145 g/mol. The summed E-state index contributed by atoms with van der Waals surface area (Å²) in [6, 6.07) is 0. The van der Waals surface area contributed by atoms with Gasteiger partial charge in [0.2, 0.25) is 6.43 Å². The van der Waals surface area contributed by atoms with Crippen LogP contribution in [-0.2, 0) is 18.6 Å². The molecule has 0 N–H and O–H groups in total. The van der Waals surface area contributed by atoms with Gasteiger partial charge in [-0.15, -0.1) is 0 Å². The van der Waals surface area contributed by atoms with Crippen molar-refractivity contribution in [2.45, 2.75) is 6.43 Å². The van der Waals surface area contributed by atoms with Crippen molar-refractivity contribution in [3.63, 3.8) is 0 Å². The fourth-order valence-electron chi connectivity index (χ4n) is 0.138. The SMILES string of the molecule is C[N-]CC(F)F.[V]. The maximum Gasteiger partial charge on any atom is 0.220 e. The van der Waals surface area contributed by atoms with Gasteiger partial charge in [-0.05, 0) is 0 Å². The summed E-state index contributed by atoms with van der Waals surface area (Å²) in [5.74, 6) is 0. The van der Waals surface area contributed by atoms with Crippen LogP contribution in [0.25, 0.3) is 5.32 Å². The van der Waals surface area contributed by atoms with Crippen molar-refractivity contribution in [1.29, 1.82) is 0 Å². The molecular weight excluding hydrogens is 139 g/mol. The largest absolute Gasteiger partial charge is 0.660 e. The quantitative estimate of drug-likeness (QED) is 0.555. The second-order valence-electron chi connectivity index (χ2n) is 0.890. The molecule has 0 unspecified atom stereocenters. The fraction of sp³-hybridized carbons (Fsp3) is 1.00. The first-order valence-electron chi connectivity index (χ1n) is 1.61. The summed E-state index contributed by atoms with van der Waals surface area (Å²) >= 11 is 0. The third-order valence-electron chi connectivity index (χ3n) is 0.321. The molecule has 0 aromatic carbocycles. The van der Waals surface area contributed by atoms with Crippen LogP contribution in [0.4, 0.5) is 8.78 Å². The molecule has 0 bridgehead atoms. The Morgan fingerprint density at radius 2 is 2.00 bits per heavy atom. The van der Waals surface area contributed by atoms with Gasteiger partial charge in [-0.1, -0.05) is 6.54 Å². The van der Waals surface area contributed by atoms with Crippen molar-refractivity contribution in [1.82, 2.24) is 0 Å². The van der Waals surface area contributed by atoms with Crippen LogP contribution < -0.4 is 0 Å². The number of hydrogen-bond acceptors (Lipinski definition) is 0. The van der Waals surface area contributed by atoms with Gasteiger partial charge in [0.05, 0.1) is 0 Å². The Morgan fingerprint density at radius 1 is 1.57 bits per heavy atom. The number of alkyl halides is 2. The summed E-state index contributed by atoms with van der Waals surface area (Å²) in [7, 11) is 1.37. The van der Waals surface area contributed by atoms with Crippen LogP contribution in [0.5, 0.6) is 0 Å². The molecule has 0 aliphatic carbocycles. The Bertz CT molecular complexity index is 34.1. The maximum absolute atomic E-state index is 10.9. The van der Waals surface area contributed by atoms with E-state index in [0.717, 1.165) is 0 Å². The number of rotatable bonds is 2. The van der Waals surface area contributed by atoms with Crippen molar-refractivity contribution >= 4 is 0 Å². The summed E-state index contributed by atoms with van der Waals surface area (Å²) in [6.07, 6.45) is -2.27. The molecule has 0 saturated carbocycles. The minimum absolute atomic E-state index is 0. The molecule has 0 aliphatic rings. The van der Waals surface area contributed by atoms with Crippen LogP contribution >= 0.6 is 0 Å². The molecule has 1 nitrogen and oxygen atoms in total. The second kappa shape index (κ2) is 6.40. The normalized spacial score (nSPS) is 8.57. The van der Waals surface area contributed by atoms with Crippen molar-refractivity contribution in [3.05, 3.63) is 5.32 Å². The van der Waals surface area contributed by atoms with Crippen molar-refractivity contribution in [3.8, 4) is 0 Å². The monoisotopic (exact) mass is 145 g/mol. The first-order chi connectivity index (χ1) is 2.77. The van der Waals surface area contributed by atoms with Gasteiger partial charge in [0, 0.05) is 18.6 Å². The first kappa shape index (κ1) is 10.4. The molecule has 1 radical (unpaired) electrons. The van der Waals surface area contributed by atoms with E-state index in [4.69, 9.17) is 0 Å². The van der Waals surface area contributed by atoms with Crippen LogP contribution in [0.3, 0.4) is 0 Å². The van der Waals surface area contributed by atoms with Crippen molar-refractivity contribution in [2.75, 3.05) is 13.6 Å². The predicted molar refractivity (Wildman–Crippen MR) is 20.2 cm³/mol. The first-order valence-corrected chi connectivity index (χ1v) is 1.61. The third kappa shape index (κ3) is 10.7. The molecule has 0 saturated heterocycles. The zero-order valence-corrected chi connectivity index (χ0v) is 5.33. The van der Waals surface area contributed by atoms with E-state index < -0.39 is 6.43 Å². The summed E-state index contributed by atoms with van der Waals surface area (Å²) in [5.41, 5.74) is 0. The molecule has 0 aromatic rings. The fourth-order valence-corrected chi connectivity index (χ4v) is 0.138. The molecule has 43 valence electrons. The Labute approximate surface area is 53.4 Å².